The summed E-state index contributed by atoms with van der Waals surface area (Å²) in [6.45, 7) is 12.2. The van der Waals surface area contributed by atoms with Crippen LogP contribution < -0.4 is 5.32 Å². The lowest BCUT2D eigenvalue weighted by atomic mass is 9.95. The van der Waals surface area contributed by atoms with Crippen molar-refractivity contribution in [3.05, 3.63) is 57.3 Å². The van der Waals surface area contributed by atoms with Gasteiger partial charge in [0.15, 0.2) is 0 Å². The quantitative estimate of drug-likeness (QED) is 0.773. The van der Waals surface area contributed by atoms with Crippen molar-refractivity contribution >= 4 is 11.3 Å². The minimum atomic E-state index is 0.254. The highest BCUT2D eigenvalue weighted by Crippen LogP contribution is 2.29. The van der Waals surface area contributed by atoms with Crippen molar-refractivity contribution in [1.82, 2.24) is 5.32 Å². The summed E-state index contributed by atoms with van der Waals surface area (Å²) in [5.74, 6) is 0. The van der Waals surface area contributed by atoms with Gasteiger partial charge in [0.1, 0.15) is 0 Å². The number of aryl methyl sites for hydroxylation is 1. The summed E-state index contributed by atoms with van der Waals surface area (Å²) in [6.07, 6.45) is 1.10. The van der Waals surface area contributed by atoms with Crippen LogP contribution >= 0.6 is 11.3 Å². The van der Waals surface area contributed by atoms with Crippen LogP contribution in [-0.2, 0) is 18.4 Å². The molecule has 0 fully saturated rings. The first-order valence-electron chi connectivity index (χ1n) is 7.81. The third-order valence-electron chi connectivity index (χ3n) is 3.87. The Morgan fingerprint density at radius 2 is 1.71 bits per heavy atom. The van der Waals surface area contributed by atoms with Gasteiger partial charge in [-0.2, -0.15) is 0 Å². The summed E-state index contributed by atoms with van der Waals surface area (Å²) >= 11 is 1.92. The minimum Gasteiger partial charge on any atom is -0.305 e. The smallest absolute Gasteiger partial charge is 0.0305 e. The van der Waals surface area contributed by atoms with Gasteiger partial charge < -0.3 is 5.32 Å². The molecule has 114 valence electrons. The fourth-order valence-electron chi connectivity index (χ4n) is 2.29. The summed E-state index contributed by atoms with van der Waals surface area (Å²) in [7, 11) is 0. The van der Waals surface area contributed by atoms with E-state index in [0.717, 1.165) is 13.0 Å². The molecule has 0 bridgehead atoms. The molecule has 0 saturated carbocycles. The summed E-state index contributed by atoms with van der Waals surface area (Å²) in [5.41, 5.74) is 3.02. The van der Waals surface area contributed by atoms with Crippen molar-refractivity contribution in [2.75, 3.05) is 0 Å². The van der Waals surface area contributed by atoms with Crippen LogP contribution in [0.2, 0.25) is 0 Å². The van der Waals surface area contributed by atoms with E-state index < -0.39 is 0 Å². The number of rotatable bonds is 5. The van der Waals surface area contributed by atoms with Gasteiger partial charge in [0.2, 0.25) is 0 Å². The van der Waals surface area contributed by atoms with E-state index in [1.54, 1.807) is 0 Å². The number of hydrogen-bond acceptors (Lipinski definition) is 2. The van der Waals surface area contributed by atoms with Crippen LogP contribution in [0.1, 0.15) is 61.5 Å². The maximum atomic E-state index is 3.63. The van der Waals surface area contributed by atoms with Gasteiger partial charge >= 0.3 is 0 Å². The van der Waals surface area contributed by atoms with E-state index in [2.05, 4.69) is 76.3 Å². The SMILES string of the molecule is CCc1ccc(C(C)NCc2ccc(C(C)(C)C)s2)cc1. The van der Waals surface area contributed by atoms with E-state index >= 15 is 0 Å². The maximum absolute atomic E-state index is 3.63. The Morgan fingerprint density at radius 3 is 2.24 bits per heavy atom. The minimum absolute atomic E-state index is 0.254. The summed E-state index contributed by atoms with van der Waals surface area (Å²) in [5, 5.41) is 3.63. The first-order valence-corrected chi connectivity index (χ1v) is 8.63. The lowest BCUT2D eigenvalue weighted by Gasteiger charge is -2.16. The van der Waals surface area contributed by atoms with Gasteiger partial charge in [-0.25, -0.2) is 0 Å². The molecule has 0 aliphatic carbocycles. The Bertz CT molecular complexity index is 560. The molecule has 21 heavy (non-hydrogen) atoms. The van der Waals surface area contributed by atoms with Crippen LogP contribution in [0, 0.1) is 0 Å². The maximum Gasteiger partial charge on any atom is 0.0305 e. The molecular weight excluding hydrogens is 274 g/mol. The molecule has 1 aromatic carbocycles. The lowest BCUT2D eigenvalue weighted by Crippen LogP contribution is -2.17. The molecule has 1 aromatic heterocycles. The van der Waals surface area contributed by atoms with Crippen molar-refractivity contribution in [3.63, 3.8) is 0 Å². The fraction of sp³-hybridized carbons (Fsp3) is 0.474. The molecule has 1 heterocycles. The van der Waals surface area contributed by atoms with Crippen LogP contribution in [0.4, 0.5) is 0 Å². The molecule has 2 rings (SSSR count). The number of benzene rings is 1. The molecule has 1 nitrogen and oxygen atoms in total. The molecule has 0 saturated heterocycles. The molecule has 0 aliphatic rings. The van der Waals surface area contributed by atoms with E-state index in [9.17, 15) is 0 Å². The first kappa shape index (κ1) is 16.3. The van der Waals surface area contributed by atoms with Gasteiger partial charge in [-0.3, -0.25) is 0 Å². The summed E-state index contributed by atoms with van der Waals surface area (Å²) in [4.78, 5) is 2.87. The van der Waals surface area contributed by atoms with Gasteiger partial charge in [-0.05, 0) is 42.0 Å². The molecule has 0 amide bonds. The highest BCUT2D eigenvalue weighted by molar-refractivity contribution is 7.12. The van der Waals surface area contributed by atoms with Gasteiger partial charge in [0.05, 0.1) is 0 Å². The molecule has 0 spiro atoms. The zero-order chi connectivity index (χ0) is 15.5. The Morgan fingerprint density at radius 1 is 1.05 bits per heavy atom. The van der Waals surface area contributed by atoms with E-state index in [1.165, 1.54) is 20.9 Å². The molecule has 1 N–H and O–H groups in total. The average Bonchev–Trinajstić information content (AvgIpc) is 2.94. The van der Waals surface area contributed by atoms with Crippen LogP contribution in [0.15, 0.2) is 36.4 Å². The molecule has 2 aromatic rings. The zero-order valence-corrected chi connectivity index (χ0v) is 14.7. The highest BCUT2D eigenvalue weighted by Gasteiger charge is 2.16. The van der Waals surface area contributed by atoms with Crippen LogP contribution in [0.3, 0.4) is 0 Å². The van der Waals surface area contributed by atoms with Crippen molar-refractivity contribution in [2.24, 2.45) is 0 Å². The van der Waals surface area contributed by atoms with Crippen molar-refractivity contribution in [2.45, 2.75) is 59.0 Å². The highest BCUT2D eigenvalue weighted by atomic mass is 32.1. The van der Waals surface area contributed by atoms with E-state index in [1.807, 2.05) is 11.3 Å². The van der Waals surface area contributed by atoms with Crippen LogP contribution in [0.5, 0.6) is 0 Å². The Labute approximate surface area is 133 Å². The predicted octanol–water partition coefficient (Wildman–Crippen LogP) is 5.46. The van der Waals surface area contributed by atoms with E-state index in [-0.39, 0.29) is 5.41 Å². The van der Waals surface area contributed by atoms with Crippen molar-refractivity contribution < 1.29 is 0 Å². The van der Waals surface area contributed by atoms with Gasteiger partial charge in [-0.1, -0.05) is 52.0 Å². The summed E-state index contributed by atoms with van der Waals surface area (Å²) < 4.78 is 0. The predicted molar refractivity (Wildman–Crippen MR) is 94.1 cm³/mol. The molecule has 1 unspecified atom stereocenters. The van der Waals surface area contributed by atoms with Gasteiger partial charge in [0.25, 0.3) is 0 Å². The first-order chi connectivity index (χ1) is 9.90. The van der Waals surface area contributed by atoms with E-state index in [4.69, 9.17) is 0 Å². The number of nitrogens with one attached hydrogen (secondary N) is 1. The Kier molecular flexibility index (Phi) is 5.23. The third kappa shape index (κ3) is 4.42. The van der Waals surface area contributed by atoms with Gasteiger partial charge in [0, 0.05) is 22.3 Å². The second kappa shape index (κ2) is 6.76. The average molecular weight is 301 g/mol. The Balaban J connectivity index is 1.94. The fourth-order valence-corrected chi connectivity index (χ4v) is 3.31. The summed E-state index contributed by atoms with van der Waals surface area (Å²) in [6, 6.07) is 13.9. The lowest BCUT2D eigenvalue weighted by molar-refractivity contribution is 0.578. The van der Waals surface area contributed by atoms with Crippen molar-refractivity contribution in [1.29, 1.82) is 0 Å². The molecule has 0 radical (unpaired) electrons. The van der Waals surface area contributed by atoms with E-state index in [0.29, 0.717) is 6.04 Å². The topological polar surface area (TPSA) is 12.0 Å². The third-order valence-corrected chi connectivity index (χ3v) is 5.38. The second-order valence-electron chi connectivity index (χ2n) is 6.71. The number of hydrogen-bond donors (Lipinski definition) is 1. The zero-order valence-electron chi connectivity index (χ0n) is 13.9. The van der Waals surface area contributed by atoms with Crippen LogP contribution in [-0.4, -0.2) is 0 Å². The largest absolute Gasteiger partial charge is 0.305 e. The Hall–Kier alpha value is -1.12. The molecule has 0 aliphatic heterocycles. The van der Waals surface area contributed by atoms with Crippen LogP contribution in [0.25, 0.3) is 0 Å². The standard InChI is InChI=1S/C19H27NS/c1-6-15-7-9-16(10-8-15)14(2)20-13-17-11-12-18(21-17)19(3,4)5/h7-12,14,20H,6,13H2,1-5H3. The second-order valence-corrected chi connectivity index (χ2v) is 7.88. The molecular formula is C19H27NS. The monoisotopic (exact) mass is 301 g/mol. The molecule has 2 heteroatoms. The number of thiophene rings is 1. The van der Waals surface area contributed by atoms with Crippen molar-refractivity contribution in [3.8, 4) is 0 Å². The van der Waals surface area contributed by atoms with Gasteiger partial charge in [-0.15, -0.1) is 11.3 Å². The normalized spacial score (nSPS) is 13.4. The molecule has 1 atom stereocenters.